The number of esters is 2. The summed E-state index contributed by atoms with van der Waals surface area (Å²) in [5, 5.41) is 13.6. The van der Waals surface area contributed by atoms with Gasteiger partial charge >= 0.3 is 11.9 Å². The van der Waals surface area contributed by atoms with Gasteiger partial charge < -0.3 is 9.47 Å². The van der Waals surface area contributed by atoms with E-state index in [2.05, 4.69) is 22.6 Å². The number of hydroxylamine groups is 2. The van der Waals surface area contributed by atoms with Crippen molar-refractivity contribution in [3.63, 3.8) is 0 Å². The summed E-state index contributed by atoms with van der Waals surface area (Å²) in [5.41, 5.74) is -0.118. The Labute approximate surface area is 196 Å². The number of ether oxygens (including phenoxy) is 2. The molecule has 1 saturated heterocycles. The summed E-state index contributed by atoms with van der Waals surface area (Å²) < 4.78 is 12.3. The van der Waals surface area contributed by atoms with Crippen molar-refractivity contribution in [2.24, 2.45) is 0 Å². The average molecular weight is 536 g/mol. The Kier molecular flexibility index (Phi) is 7.08. The van der Waals surface area contributed by atoms with Crippen LogP contribution in [0.3, 0.4) is 0 Å². The van der Waals surface area contributed by atoms with Crippen LogP contribution in [0.1, 0.15) is 66.8 Å². The predicted molar refractivity (Wildman–Crippen MR) is 124 cm³/mol. The fourth-order valence-corrected chi connectivity index (χ4v) is 4.48. The number of piperidine rings is 1. The Morgan fingerprint density at radius 2 is 1.45 bits per heavy atom. The zero-order valence-corrected chi connectivity index (χ0v) is 20.3. The van der Waals surface area contributed by atoms with Crippen LogP contribution in [0, 0.1) is 3.57 Å². The topological polar surface area (TPSA) is 75.7 Å². The summed E-state index contributed by atoms with van der Waals surface area (Å²) in [6.07, 6.45) is 0.425. The summed E-state index contributed by atoms with van der Waals surface area (Å²) >= 11 is 2.21. The highest BCUT2D eigenvalue weighted by atomic mass is 127. The zero-order valence-electron chi connectivity index (χ0n) is 18.2. The first-order chi connectivity index (χ1) is 14.5. The van der Waals surface area contributed by atoms with Crippen molar-refractivity contribution < 1.29 is 24.3 Å². The van der Waals surface area contributed by atoms with Crippen LogP contribution in [0.5, 0.6) is 0 Å². The van der Waals surface area contributed by atoms with Gasteiger partial charge in [0.25, 0.3) is 0 Å². The van der Waals surface area contributed by atoms with Crippen LogP contribution in [-0.4, -0.2) is 34.2 Å². The van der Waals surface area contributed by atoms with Gasteiger partial charge in [0.2, 0.25) is 0 Å². The lowest BCUT2D eigenvalue weighted by atomic mass is 9.80. The standard InChI is InChI=1S/C24H27INO5/c1-23(2)13-18(14-24(3,4)26(23)29)31-22(28)20-8-6-5-7-19(20)21(27)30-15-16-9-11-17(25)12-10-16/h5-12,18H,13-15H2,1-4H3. The molecule has 31 heavy (non-hydrogen) atoms. The van der Waals surface area contributed by atoms with E-state index in [0.717, 1.165) is 14.2 Å². The molecule has 0 aliphatic carbocycles. The van der Waals surface area contributed by atoms with Crippen molar-refractivity contribution in [2.45, 2.75) is 64.3 Å². The second kappa shape index (κ2) is 9.26. The number of carbonyl (C=O) groups is 2. The molecule has 0 atom stereocenters. The van der Waals surface area contributed by atoms with Gasteiger partial charge in [-0.25, -0.2) is 9.59 Å². The van der Waals surface area contributed by atoms with E-state index < -0.39 is 29.1 Å². The average Bonchev–Trinajstić information content (AvgIpc) is 2.71. The Morgan fingerprint density at radius 1 is 0.935 bits per heavy atom. The SMILES string of the molecule is CC1(C)CC(OC(=O)c2ccccc2C(=O)OCc2ccc(I)cc2)CC(C)(C)N1[O]. The van der Waals surface area contributed by atoms with E-state index >= 15 is 0 Å². The molecule has 1 fully saturated rings. The van der Waals surface area contributed by atoms with E-state index in [1.807, 2.05) is 52.0 Å². The molecule has 3 rings (SSSR count). The van der Waals surface area contributed by atoms with Crippen LogP contribution in [0.4, 0.5) is 0 Å². The first-order valence-electron chi connectivity index (χ1n) is 10.2. The minimum Gasteiger partial charge on any atom is -0.459 e. The van der Waals surface area contributed by atoms with Crippen molar-refractivity contribution in [3.05, 3.63) is 68.8 Å². The number of rotatable bonds is 5. The van der Waals surface area contributed by atoms with E-state index in [4.69, 9.17) is 9.47 Å². The third kappa shape index (κ3) is 5.64. The lowest BCUT2D eigenvalue weighted by Crippen LogP contribution is -2.60. The molecule has 2 aromatic carbocycles. The quantitative estimate of drug-likeness (QED) is 0.389. The van der Waals surface area contributed by atoms with Gasteiger partial charge in [-0.15, -0.1) is 10.3 Å². The first-order valence-corrected chi connectivity index (χ1v) is 11.3. The molecule has 0 saturated carbocycles. The van der Waals surface area contributed by atoms with Crippen LogP contribution in [0.25, 0.3) is 0 Å². The van der Waals surface area contributed by atoms with Gasteiger partial charge in [-0.05, 0) is 80.1 Å². The van der Waals surface area contributed by atoms with Crippen molar-refractivity contribution in [3.8, 4) is 0 Å². The molecule has 7 heteroatoms. The van der Waals surface area contributed by atoms with Gasteiger partial charge in [-0.1, -0.05) is 24.3 Å². The van der Waals surface area contributed by atoms with Gasteiger partial charge in [0.1, 0.15) is 12.7 Å². The molecule has 0 bridgehead atoms. The Morgan fingerprint density at radius 3 is 2.00 bits per heavy atom. The summed E-state index contributed by atoms with van der Waals surface area (Å²) in [6, 6.07) is 14.1. The van der Waals surface area contributed by atoms with Gasteiger partial charge in [0.15, 0.2) is 0 Å². The van der Waals surface area contributed by atoms with Gasteiger partial charge in [0.05, 0.1) is 11.1 Å². The predicted octanol–water partition coefficient (Wildman–Crippen LogP) is 5.17. The second-order valence-corrected chi connectivity index (χ2v) is 10.3. The highest BCUT2D eigenvalue weighted by Crippen LogP contribution is 2.38. The minimum atomic E-state index is -0.654. The molecule has 0 N–H and O–H groups in total. The third-order valence-electron chi connectivity index (χ3n) is 5.48. The maximum Gasteiger partial charge on any atom is 0.339 e. The highest BCUT2D eigenvalue weighted by Gasteiger charge is 2.47. The second-order valence-electron chi connectivity index (χ2n) is 9.10. The molecule has 1 aliphatic heterocycles. The van der Waals surface area contributed by atoms with Crippen LogP contribution >= 0.6 is 22.6 Å². The zero-order chi connectivity index (χ0) is 22.8. The minimum absolute atomic E-state index is 0.115. The lowest BCUT2D eigenvalue weighted by Gasteiger charge is -2.49. The third-order valence-corrected chi connectivity index (χ3v) is 6.20. The molecule has 0 spiro atoms. The van der Waals surface area contributed by atoms with Crippen molar-refractivity contribution in [2.75, 3.05) is 0 Å². The largest absolute Gasteiger partial charge is 0.459 e. The van der Waals surface area contributed by atoms with E-state index in [-0.39, 0.29) is 17.7 Å². The molecule has 2 aromatic rings. The summed E-state index contributed by atoms with van der Waals surface area (Å²) in [4.78, 5) is 25.6. The monoisotopic (exact) mass is 536 g/mol. The number of benzene rings is 2. The molecule has 1 heterocycles. The molecular weight excluding hydrogens is 509 g/mol. The molecule has 165 valence electrons. The summed E-state index contributed by atoms with van der Waals surface area (Å²) in [6.45, 7) is 7.49. The molecule has 0 aromatic heterocycles. The van der Waals surface area contributed by atoms with Crippen molar-refractivity contribution in [1.82, 2.24) is 5.06 Å². The maximum absolute atomic E-state index is 12.9. The summed E-state index contributed by atoms with van der Waals surface area (Å²) in [5.74, 6) is -1.17. The molecule has 6 nitrogen and oxygen atoms in total. The van der Waals surface area contributed by atoms with Crippen LogP contribution in [0.2, 0.25) is 0 Å². The lowest BCUT2D eigenvalue weighted by molar-refractivity contribution is -0.298. The molecule has 1 aliphatic rings. The number of halogens is 1. The molecule has 0 amide bonds. The Balaban J connectivity index is 1.71. The van der Waals surface area contributed by atoms with Crippen molar-refractivity contribution >= 4 is 34.5 Å². The van der Waals surface area contributed by atoms with Crippen LogP contribution in [-0.2, 0) is 21.3 Å². The Hall–Kier alpha value is -1.97. The first kappa shape index (κ1) is 23.7. The van der Waals surface area contributed by atoms with E-state index in [1.54, 1.807) is 24.3 Å². The summed E-state index contributed by atoms with van der Waals surface area (Å²) in [7, 11) is 0. The van der Waals surface area contributed by atoms with Crippen molar-refractivity contribution in [1.29, 1.82) is 0 Å². The van der Waals surface area contributed by atoms with E-state index in [1.165, 1.54) is 0 Å². The molecule has 1 radical (unpaired) electrons. The maximum atomic E-state index is 12.9. The van der Waals surface area contributed by atoms with Crippen LogP contribution in [0.15, 0.2) is 48.5 Å². The van der Waals surface area contributed by atoms with Gasteiger partial charge in [-0.3, -0.25) is 0 Å². The fraction of sp³-hybridized carbons (Fsp3) is 0.417. The van der Waals surface area contributed by atoms with E-state index in [0.29, 0.717) is 12.8 Å². The number of hydrogen-bond donors (Lipinski definition) is 0. The number of carbonyl (C=O) groups excluding carboxylic acids is 2. The Bertz CT molecular complexity index is 937. The molecule has 0 unspecified atom stereocenters. The molecular formula is C24H27INO5. The van der Waals surface area contributed by atoms with Crippen LogP contribution < -0.4 is 0 Å². The number of hydrogen-bond acceptors (Lipinski definition) is 5. The normalized spacial score (nSPS) is 18.4. The fourth-order valence-electron chi connectivity index (χ4n) is 4.12. The smallest absolute Gasteiger partial charge is 0.339 e. The van der Waals surface area contributed by atoms with Gasteiger partial charge in [-0.2, -0.15) is 0 Å². The highest BCUT2D eigenvalue weighted by molar-refractivity contribution is 14.1. The van der Waals surface area contributed by atoms with Gasteiger partial charge in [0, 0.05) is 27.5 Å². The van der Waals surface area contributed by atoms with E-state index in [9.17, 15) is 14.8 Å². The number of nitrogens with zero attached hydrogens (tertiary/aromatic N) is 1.